The number of hydrogen-bond acceptors (Lipinski definition) is 5. The van der Waals surface area contributed by atoms with Gasteiger partial charge in [0.1, 0.15) is 11.6 Å². The van der Waals surface area contributed by atoms with Crippen LogP contribution in [0.3, 0.4) is 0 Å². The lowest BCUT2D eigenvalue weighted by Gasteiger charge is -2.21. The fraction of sp³-hybridized carbons (Fsp3) is 0.273. The maximum absolute atomic E-state index is 5.28. The van der Waals surface area contributed by atoms with E-state index >= 15 is 0 Å². The minimum atomic E-state index is 0.743. The van der Waals surface area contributed by atoms with Crippen LogP contribution in [0, 0.1) is 0 Å². The average Bonchev–Trinajstić information content (AvgIpc) is 2.73. The van der Waals surface area contributed by atoms with Crippen molar-refractivity contribution in [3.05, 3.63) is 78.0 Å². The zero-order valence-corrected chi connectivity index (χ0v) is 15.9. The summed E-state index contributed by atoms with van der Waals surface area (Å²) < 4.78 is 5.28. The summed E-state index contributed by atoms with van der Waals surface area (Å²) in [7, 11) is 1.69. The standard InChI is InChI=1S/C22H26N4O/c1-3-26(17-19-8-5-4-6-9-19)22-24-15-13-21(25-22)23-14-12-18-10-7-11-20(16-18)27-2/h4-11,13,15-16H,3,12,14,17H2,1-2H3,(H,23,24,25). The predicted molar refractivity (Wildman–Crippen MR) is 110 cm³/mol. The molecule has 0 atom stereocenters. The molecule has 3 rings (SSSR count). The van der Waals surface area contributed by atoms with E-state index in [2.05, 4.69) is 63.5 Å². The molecule has 0 radical (unpaired) electrons. The van der Waals surface area contributed by atoms with E-state index < -0.39 is 0 Å². The molecule has 2 aromatic carbocycles. The Hall–Kier alpha value is -3.08. The second-order valence-corrected chi connectivity index (χ2v) is 6.27. The van der Waals surface area contributed by atoms with Crippen LogP contribution in [-0.4, -0.2) is 30.2 Å². The van der Waals surface area contributed by atoms with Gasteiger partial charge in [0.15, 0.2) is 0 Å². The molecule has 5 nitrogen and oxygen atoms in total. The number of aromatic nitrogens is 2. The van der Waals surface area contributed by atoms with Crippen molar-refractivity contribution in [3.8, 4) is 5.75 Å². The molecule has 1 heterocycles. The highest BCUT2D eigenvalue weighted by molar-refractivity contribution is 5.42. The molecule has 5 heteroatoms. The van der Waals surface area contributed by atoms with Gasteiger partial charge in [0.2, 0.25) is 5.95 Å². The maximum atomic E-state index is 5.28. The Labute approximate surface area is 161 Å². The zero-order chi connectivity index (χ0) is 18.9. The monoisotopic (exact) mass is 362 g/mol. The van der Waals surface area contributed by atoms with Crippen LogP contribution in [0.15, 0.2) is 66.9 Å². The molecule has 1 N–H and O–H groups in total. The van der Waals surface area contributed by atoms with E-state index in [9.17, 15) is 0 Å². The first-order valence-corrected chi connectivity index (χ1v) is 9.27. The maximum Gasteiger partial charge on any atom is 0.227 e. The first-order valence-electron chi connectivity index (χ1n) is 9.27. The van der Waals surface area contributed by atoms with E-state index in [4.69, 9.17) is 4.74 Å². The molecule has 140 valence electrons. The van der Waals surface area contributed by atoms with Crippen LogP contribution in [0.4, 0.5) is 11.8 Å². The quantitative estimate of drug-likeness (QED) is 0.619. The molecule has 0 spiro atoms. The largest absolute Gasteiger partial charge is 0.497 e. The Balaban J connectivity index is 1.60. The summed E-state index contributed by atoms with van der Waals surface area (Å²) in [5.74, 6) is 2.47. The highest BCUT2D eigenvalue weighted by Gasteiger charge is 2.09. The highest BCUT2D eigenvalue weighted by atomic mass is 16.5. The van der Waals surface area contributed by atoms with Gasteiger partial charge in [-0.1, -0.05) is 42.5 Å². The minimum absolute atomic E-state index is 0.743. The molecular weight excluding hydrogens is 336 g/mol. The van der Waals surface area contributed by atoms with Crippen LogP contribution in [-0.2, 0) is 13.0 Å². The number of benzene rings is 2. The van der Waals surface area contributed by atoms with Crippen LogP contribution in [0.2, 0.25) is 0 Å². The van der Waals surface area contributed by atoms with Crippen molar-refractivity contribution in [1.82, 2.24) is 9.97 Å². The molecule has 3 aromatic rings. The summed E-state index contributed by atoms with van der Waals surface area (Å²) in [5, 5.41) is 3.40. The van der Waals surface area contributed by atoms with E-state index in [0.29, 0.717) is 0 Å². The molecule has 0 saturated heterocycles. The number of nitrogens with zero attached hydrogens (tertiary/aromatic N) is 3. The van der Waals surface area contributed by atoms with Crippen LogP contribution < -0.4 is 15.0 Å². The van der Waals surface area contributed by atoms with Gasteiger partial charge in [-0.15, -0.1) is 0 Å². The highest BCUT2D eigenvalue weighted by Crippen LogP contribution is 2.15. The summed E-state index contributed by atoms with van der Waals surface area (Å²) in [6, 6.07) is 20.4. The number of hydrogen-bond donors (Lipinski definition) is 1. The van der Waals surface area contributed by atoms with Crippen molar-refractivity contribution in [2.24, 2.45) is 0 Å². The lowest BCUT2D eigenvalue weighted by Crippen LogP contribution is -2.24. The van der Waals surface area contributed by atoms with Crippen molar-refractivity contribution < 1.29 is 4.74 Å². The number of ether oxygens (including phenoxy) is 1. The third kappa shape index (κ3) is 5.45. The normalized spacial score (nSPS) is 10.4. The van der Waals surface area contributed by atoms with Crippen LogP contribution in [0.1, 0.15) is 18.1 Å². The molecule has 0 aliphatic rings. The number of methoxy groups -OCH3 is 1. The molecule has 0 saturated carbocycles. The smallest absolute Gasteiger partial charge is 0.227 e. The van der Waals surface area contributed by atoms with Crippen LogP contribution >= 0.6 is 0 Å². The Morgan fingerprint density at radius 3 is 2.59 bits per heavy atom. The predicted octanol–water partition coefficient (Wildman–Crippen LogP) is 4.17. The van der Waals surface area contributed by atoms with E-state index in [1.54, 1.807) is 7.11 Å². The van der Waals surface area contributed by atoms with Gasteiger partial charge in [-0.25, -0.2) is 4.98 Å². The summed E-state index contributed by atoms with van der Waals surface area (Å²) in [4.78, 5) is 11.3. The topological polar surface area (TPSA) is 50.3 Å². The van der Waals surface area contributed by atoms with E-state index in [1.807, 2.05) is 30.5 Å². The van der Waals surface area contributed by atoms with Gasteiger partial charge in [-0.2, -0.15) is 4.98 Å². The lowest BCUT2D eigenvalue weighted by atomic mass is 10.1. The summed E-state index contributed by atoms with van der Waals surface area (Å²) in [6.07, 6.45) is 2.71. The van der Waals surface area contributed by atoms with Gasteiger partial charge < -0.3 is 15.0 Å². The van der Waals surface area contributed by atoms with Crippen molar-refractivity contribution in [2.75, 3.05) is 30.4 Å². The van der Waals surface area contributed by atoms with E-state index in [0.717, 1.165) is 43.6 Å². The summed E-state index contributed by atoms with van der Waals surface area (Å²) >= 11 is 0. The van der Waals surface area contributed by atoms with Gasteiger partial charge >= 0.3 is 0 Å². The molecule has 1 aromatic heterocycles. The Morgan fingerprint density at radius 1 is 1.00 bits per heavy atom. The van der Waals surface area contributed by atoms with Crippen LogP contribution in [0.5, 0.6) is 5.75 Å². The molecule has 0 unspecified atom stereocenters. The fourth-order valence-corrected chi connectivity index (χ4v) is 2.89. The SMILES string of the molecule is CCN(Cc1ccccc1)c1nccc(NCCc2cccc(OC)c2)n1. The van der Waals surface area contributed by atoms with Crippen LogP contribution in [0.25, 0.3) is 0 Å². The second-order valence-electron chi connectivity index (χ2n) is 6.27. The molecule has 0 amide bonds. The average molecular weight is 362 g/mol. The van der Waals surface area contributed by atoms with Crippen molar-refractivity contribution in [1.29, 1.82) is 0 Å². The molecule has 0 aliphatic carbocycles. The molecule has 0 fully saturated rings. The third-order valence-electron chi connectivity index (χ3n) is 4.38. The summed E-state index contributed by atoms with van der Waals surface area (Å²) in [6.45, 7) is 4.57. The van der Waals surface area contributed by atoms with E-state index in [1.165, 1.54) is 11.1 Å². The van der Waals surface area contributed by atoms with Gasteiger partial charge in [0.05, 0.1) is 7.11 Å². The first-order chi connectivity index (χ1) is 13.3. The van der Waals surface area contributed by atoms with Gasteiger partial charge in [0, 0.05) is 25.8 Å². The van der Waals surface area contributed by atoms with Crippen molar-refractivity contribution in [2.45, 2.75) is 19.9 Å². The van der Waals surface area contributed by atoms with E-state index in [-0.39, 0.29) is 0 Å². The van der Waals surface area contributed by atoms with Gasteiger partial charge in [-0.3, -0.25) is 0 Å². The third-order valence-corrected chi connectivity index (χ3v) is 4.38. The Bertz CT molecular complexity index is 838. The van der Waals surface area contributed by atoms with Gasteiger partial charge in [-0.05, 0) is 42.7 Å². The van der Waals surface area contributed by atoms with Gasteiger partial charge in [0.25, 0.3) is 0 Å². The van der Waals surface area contributed by atoms with Crippen molar-refractivity contribution in [3.63, 3.8) is 0 Å². The second kappa shape index (κ2) is 9.57. The molecule has 0 aliphatic heterocycles. The Kier molecular flexibility index (Phi) is 6.63. The summed E-state index contributed by atoms with van der Waals surface area (Å²) in [5.41, 5.74) is 2.48. The number of rotatable bonds is 9. The molecule has 27 heavy (non-hydrogen) atoms. The van der Waals surface area contributed by atoms with Crippen molar-refractivity contribution >= 4 is 11.8 Å². The zero-order valence-electron chi connectivity index (χ0n) is 15.9. The fourth-order valence-electron chi connectivity index (χ4n) is 2.89. The Morgan fingerprint density at radius 2 is 1.81 bits per heavy atom. The lowest BCUT2D eigenvalue weighted by molar-refractivity contribution is 0.414. The molecule has 0 bridgehead atoms. The number of nitrogens with one attached hydrogen (secondary N) is 1. The number of anilines is 2. The molecular formula is C22H26N4O. The first kappa shape index (κ1) is 18.7. The minimum Gasteiger partial charge on any atom is -0.497 e.